The van der Waals surface area contributed by atoms with Gasteiger partial charge in [0.05, 0.1) is 39.0 Å². The Labute approximate surface area is 313 Å². The van der Waals surface area contributed by atoms with Crippen molar-refractivity contribution >= 4 is 33.4 Å². The maximum absolute atomic E-state index is 14.8. The van der Waals surface area contributed by atoms with Gasteiger partial charge in [-0.3, -0.25) is 0 Å². The zero-order valence-corrected chi connectivity index (χ0v) is 27.3. The van der Waals surface area contributed by atoms with E-state index in [4.69, 9.17) is 0 Å². The molecule has 0 fully saturated rings. The molecule has 0 aliphatic heterocycles. The molecule has 5 rings (SSSR count). The van der Waals surface area contributed by atoms with Crippen LogP contribution in [0.3, 0.4) is 0 Å². The number of fused-ring (bicyclic) bond motifs is 2. The first-order valence-electron chi connectivity index (χ1n) is 14.8. The van der Waals surface area contributed by atoms with Crippen molar-refractivity contribution in [1.82, 2.24) is 0 Å². The molecule has 7 nitrogen and oxygen atoms in total. The van der Waals surface area contributed by atoms with Gasteiger partial charge < -0.3 is 0 Å². The molecular weight excluding hydrogens is 808 g/mol. The second-order valence-electron chi connectivity index (χ2n) is 11.6. The summed E-state index contributed by atoms with van der Waals surface area (Å²) in [6.07, 6.45) is -23.4. The highest BCUT2D eigenvalue weighted by Crippen LogP contribution is 2.57. The lowest BCUT2D eigenvalue weighted by Crippen LogP contribution is -2.16. The molecule has 0 unspecified atom stereocenters. The summed E-state index contributed by atoms with van der Waals surface area (Å²) in [6.45, 7) is 0. The van der Waals surface area contributed by atoms with Crippen LogP contribution in [0.1, 0.15) is 61.2 Å². The van der Waals surface area contributed by atoms with Gasteiger partial charge in [0.15, 0.2) is 0 Å². The smallest absolute Gasteiger partial charge is 0.206 e. The van der Waals surface area contributed by atoms with Crippen molar-refractivity contribution in [2.45, 2.75) is 24.7 Å². The lowest BCUT2D eigenvalue weighted by atomic mass is 9.86. The van der Waals surface area contributed by atoms with Crippen molar-refractivity contribution in [3.8, 4) is 42.5 Å². The van der Waals surface area contributed by atoms with E-state index in [0.717, 1.165) is 0 Å². The summed E-state index contributed by atoms with van der Waals surface area (Å²) in [6, 6.07) is 9.17. The van der Waals surface area contributed by atoms with Gasteiger partial charge in [-0.1, -0.05) is 0 Å². The Morgan fingerprint density at radius 2 is 0.690 bits per heavy atom. The SMILES string of the molecule is N#CC(C#N)=C1C(c2cc(C(F)(F)F)c(F)c(C(F)(F)F)c2)=C(C#N)c2c1cc1c(c2C#N)C(C#N)=C(c2cc(C(F)(F)F)c(F)c(C(F)(F)F)c2)C1=C(C#N)C#N. The molecule has 2 aliphatic carbocycles. The number of rotatable bonds is 2. The third kappa shape index (κ3) is 6.30. The zero-order chi connectivity index (χ0) is 43.6. The van der Waals surface area contributed by atoms with Crippen molar-refractivity contribution in [3.63, 3.8) is 0 Å². The zero-order valence-electron chi connectivity index (χ0n) is 27.3. The van der Waals surface area contributed by atoms with Crippen LogP contribution in [0.4, 0.5) is 61.5 Å². The molecule has 21 heteroatoms. The maximum atomic E-state index is 14.8. The molecule has 0 amide bonds. The van der Waals surface area contributed by atoms with Crippen LogP contribution in [-0.4, -0.2) is 0 Å². The van der Waals surface area contributed by atoms with E-state index in [1.54, 1.807) is 0 Å². The van der Waals surface area contributed by atoms with Crippen LogP contribution >= 0.6 is 0 Å². The summed E-state index contributed by atoms with van der Waals surface area (Å²) in [4.78, 5) is 0. The van der Waals surface area contributed by atoms with Crippen LogP contribution < -0.4 is 0 Å². The van der Waals surface area contributed by atoms with Gasteiger partial charge >= 0.3 is 24.7 Å². The van der Waals surface area contributed by atoms with Gasteiger partial charge in [-0.05, 0) is 52.6 Å². The second kappa shape index (κ2) is 13.7. The van der Waals surface area contributed by atoms with Gasteiger partial charge in [-0.2, -0.15) is 89.5 Å². The number of hydrogen-bond acceptors (Lipinski definition) is 7. The molecule has 0 bridgehead atoms. The number of nitriles is 7. The maximum Gasteiger partial charge on any atom is 0.419 e. The minimum Gasteiger partial charge on any atom is -0.206 e. The molecule has 286 valence electrons. The minimum absolute atomic E-state index is 0.215. The highest BCUT2D eigenvalue weighted by atomic mass is 19.4. The van der Waals surface area contributed by atoms with Crippen molar-refractivity contribution in [3.05, 3.63) is 114 Å². The van der Waals surface area contributed by atoms with Gasteiger partial charge in [0.2, 0.25) is 0 Å². The lowest BCUT2D eigenvalue weighted by molar-refractivity contribution is -0.149. The van der Waals surface area contributed by atoms with E-state index in [1.807, 2.05) is 0 Å². The van der Waals surface area contributed by atoms with E-state index in [2.05, 4.69) is 0 Å². The second-order valence-corrected chi connectivity index (χ2v) is 11.6. The molecule has 0 N–H and O–H groups in total. The molecule has 0 saturated carbocycles. The fourth-order valence-corrected chi connectivity index (χ4v) is 6.43. The predicted octanol–water partition coefficient (Wildman–Crippen LogP) is 10.4. The molecule has 0 atom stereocenters. The number of halogens is 14. The molecule has 2 aliphatic rings. The van der Waals surface area contributed by atoms with Crippen molar-refractivity contribution in [2.75, 3.05) is 0 Å². The Hall–Kier alpha value is -7.93. The van der Waals surface area contributed by atoms with E-state index in [0.29, 0.717) is 6.07 Å². The van der Waals surface area contributed by atoms with E-state index in [1.165, 1.54) is 42.5 Å². The Morgan fingerprint density at radius 3 is 0.897 bits per heavy atom. The van der Waals surface area contributed by atoms with Crippen LogP contribution in [0, 0.1) is 91.0 Å². The largest absolute Gasteiger partial charge is 0.419 e. The standard InChI is InChI=1S/C37H5F14N7/c38-32-22(34(40,41)42)1-13(2-23(32)35(43,44)45)26-19(10-56)30-17(28(26)15(6-52)7-53)5-18-29(16(8-54)9-55)27(20(11-57)31(18)21(30)12-58)14-3-24(36(46,47)48)33(39)25(4-14)37(49,50)51/h1-5H. The lowest BCUT2D eigenvalue weighted by Gasteiger charge is -2.18. The third-order valence-electron chi connectivity index (χ3n) is 8.59. The molecule has 3 aromatic rings. The van der Waals surface area contributed by atoms with E-state index in [9.17, 15) is 98.3 Å². The Morgan fingerprint density at radius 1 is 0.414 bits per heavy atom. The topological polar surface area (TPSA) is 167 Å². The van der Waals surface area contributed by atoms with Gasteiger partial charge in [0.25, 0.3) is 0 Å². The Kier molecular flexibility index (Phi) is 9.72. The van der Waals surface area contributed by atoms with Crippen molar-refractivity contribution in [1.29, 1.82) is 36.8 Å². The molecule has 3 aromatic carbocycles. The summed E-state index contributed by atoms with van der Waals surface area (Å²) >= 11 is 0. The van der Waals surface area contributed by atoms with Crippen LogP contribution in [0.25, 0.3) is 33.4 Å². The summed E-state index contributed by atoms with van der Waals surface area (Å²) in [5.41, 5.74) is -26.2. The third-order valence-corrected chi connectivity index (χ3v) is 8.59. The van der Waals surface area contributed by atoms with E-state index >= 15 is 0 Å². The summed E-state index contributed by atoms with van der Waals surface area (Å²) in [5, 5.41) is 70.6. The molecule has 0 aromatic heterocycles. The van der Waals surface area contributed by atoms with Gasteiger partial charge in [0.1, 0.15) is 65.3 Å². The monoisotopic (exact) mass is 813 g/mol. The van der Waals surface area contributed by atoms with Gasteiger partial charge in [-0.25, -0.2) is 8.78 Å². The quantitative estimate of drug-likeness (QED) is 0.183. The predicted molar refractivity (Wildman–Crippen MR) is 165 cm³/mol. The van der Waals surface area contributed by atoms with Crippen molar-refractivity contribution < 1.29 is 61.5 Å². The number of hydrogen-bond donors (Lipinski definition) is 0. The minimum atomic E-state index is -5.86. The molecule has 0 saturated heterocycles. The summed E-state index contributed by atoms with van der Waals surface area (Å²) in [7, 11) is 0. The van der Waals surface area contributed by atoms with Crippen LogP contribution in [0.2, 0.25) is 0 Å². The van der Waals surface area contributed by atoms with Crippen molar-refractivity contribution in [2.24, 2.45) is 0 Å². The van der Waals surface area contributed by atoms with Gasteiger partial charge in [0, 0.05) is 33.4 Å². The Bertz CT molecular complexity index is 2580. The number of alkyl halides is 12. The summed E-state index contributed by atoms with van der Waals surface area (Å²) < 4.78 is 197. The molecule has 0 radical (unpaired) electrons. The normalized spacial score (nSPS) is 13.7. The molecular formula is C37H5F14N7. The van der Waals surface area contributed by atoms with Crippen LogP contribution in [0.5, 0.6) is 0 Å². The van der Waals surface area contributed by atoms with Gasteiger partial charge in [-0.15, -0.1) is 0 Å². The first-order valence-corrected chi connectivity index (χ1v) is 14.8. The van der Waals surface area contributed by atoms with E-state index < -0.39 is 142 Å². The molecule has 0 heterocycles. The first-order chi connectivity index (χ1) is 26.9. The fraction of sp³-hybridized carbons (Fsp3) is 0.108. The Balaban J connectivity index is 2.08. The first kappa shape index (κ1) is 41.2. The number of allylic oxidation sites excluding steroid dienone is 8. The highest BCUT2D eigenvalue weighted by Gasteiger charge is 2.47. The van der Waals surface area contributed by atoms with Crippen LogP contribution in [-0.2, 0) is 24.7 Å². The number of nitrogens with zero attached hydrogens (tertiary/aromatic N) is 7. The summed E-state index contributed by atoms with van der Waals surface area (Å²) in [5.74, 6) is -5.65. The fourth-order valence-electron chi connectivity index (χ4n) is 6.43. The van der Waals surface area contributed by atoms with Crippen LogP contribution in [0.15, 0.2) is 41.5 Å². The average Bonchev–Trinajstić information content (AvgIpc) is 3.62. The molecule has 0 spiro atoms. The molecule has 58 heavy (non-hydrogen) atoms. The number of benzene rings is 3. The average molecular weight is 813 g/mol. The van der Waals surface area contributed by atoms with E-state index in [-0.39, 0.29) is 24.3 Å². The highest BCUT2D eigenvalue weighted by molar-refractivity contribution is 6.31.